The quantitative estimate of drug-likeness (QED) is 0.715. The maximum atomic E-state index is 12.4. The van der Waals surface area contributed by atoms with Crippen LogP contribution in [0.4, 0.5) is 0 Å². The van der Waals surface area contributed by atoms with Crippen molar-refractivity contribution in [3.63, 3.8) is 0 Å². The van der Waals surface area contributed by atoms with Crippen LogP contribution in [0.2, 0.25) is 0 Å². The number of hydrogen-bond donors (Lipinski definition) is 1. The first-order valence-electron chi connectivity index (χ1n) is 6.04. The Morgan fingerprint density at radius 2 is 1.68 bits per heavy atom. The van der Waals surface area contributed by atoms with Crippen LogP contribution >= 0.6 is 15.9 Å². The third-order valence-electron chi connectivity index (χ3n) is 3.28. The first kappa shape index (κ1) is 12.2. The summed E-state index contributed by atoms with van der Waals surface area (Å²) in [5, 5.41) is 0.737. The van der Waals surface area contributed by atoms with Gasteiger partial charge in [-0.2, -0.15) is 0 Å². The highest BCUT2D eigenvalue weighted by Crippen LogP contribution is 2.23. The Morgan fingerprint density at radius 3 is 2.42 bits per heavy atom. The normalized spacial score (nSPS) is 10.8. The summed E-state index contributed by atoms with van der Waals surface area (Å²) < 4.78 is 1.03. The summed E-state index contributed by atoms with van der Waals surface area (Å²) in [6.07, 6.45) is 0. The van der Waals surface area contributed by atoms with Gasteiger partial charge in [0, 0.05) is 20.9 Å². The number of rotatable bonds is 1. The summed E-state index contributed by atoms with van der Waals surface area (Å²) in [5.74, 6) is 0. The molecule has 0 bridgehead atoms. The van der Waals surface area contributed by atoms with E-state index in [0.717, 1.165) is 32.2 Å². The number of fused-ring (bicyclic) bond motifs is 1. The fourth-order valence-corrected chi connectivity index (χ4v) is 2.50. The van der Waals surface area contributed by atoms with Crippen LogP contribution in [0.15, 0.2) is 57.8 Å². The van der Waals surface area contributed by atoms with Gasteiger partial charge in [0.05, 0.1) is 5.69 Å². The first-order chi connectivity index (χ1) is 9.16. The maximum Gasteiger partial charge on any atom is 0.192 e. The minimum atomic E-state index is 0.0901. The SMILES string of the molecule is Cc1c(-c2ccc(Br)cc2)[nH]c2ccccc2c1=O. The lowest BCUT2D eigenvalue weighted by molar-refractivity contribution is 1.30. The maximum absolute atomic E-state index is 12.4. The minimum Gasteiger partial charge on any atom is -0.354 e. The molecule has 0 saturated carbocycles. The van der Waals surface area contributed by atoms with E-state index >= 15 is 0 Å². The van der Waals surface area contributed by atoms with E-state index in [-0.39, 0.29) is 5.43 Å². The molecule has 2 aromatic carbocycles. The molecule has 0 amide bonds. The van der Waals surface area contributed by atoms with Crippen LogP contribution in [0, 0.1) is 6.92 Å². The molecule has 0 atom stereocenters. The molecular weight excluding hydrogens is 302 g/mol. The van der Waals surface area contributed by atoms with Crippen LogP contribution in [0.25, 0.3) is 22.2 Å². The van der Waals surface area contributed by atoms with Crippen LogP contribution in [-0.2, 0) is 0 Å². The third kappa shape index (κ3) is 2.10. The van der Waals surface area contributed by atoms with Crippen molar-refractivity contribution in [1.82, 2.24) is 4.98 Å². The molecular formula is C16H12BrNO. The third-order valence-corrected chi connectivity index (χ3v) is 3.81. The van der Waals surface area contributed by atoms with E-state index in [4.69, 9.17) is 0 Å². The van der Waals surface area contributed by atoms with E-state index in [9.17, 15) is 4.79 Å². The van der Waals surface area contributed by atoms with Gasteiger partial charge in [0.15, 0.2) is 5.43 Å². The molecule has 2 nitrogen and oxygen atoms in total. The smallest absolute Gasteiger partial charge is 0.192 e. The van der Waals surface area contributed by atoms with Crippen molar-refractivity contribution in [3.8, 4) is 11.3 Å². The van der Waals surface area contributed by atoms with Gasteiger partial charge in [0.2, 0.25) is 0 Å². The van der Waals surface area contributed by atoms with Crippen molar-refractivity contribution < 1.29 is 0 Å². The van der Waals surface area contributed by atoms with Crippen LogP contribution in [0.5, 0.6) is 0 Å². The highest BCUT2D eigenvalue weighted by atomic mass is 79.9. The van der Waals surface area contributed by atoms with Gasteiger partial charge >= 0.3 is 0 Å². The summed E-state index contributed by atoms with van der Waals surface area (Å²) >= 11 is 3.42. The monoisotopic (exact) mass is 313 g/mol. The van der Waals surface area contributed by atoms with Gasteiger partial charge < -0.3 is 4.98 Å². The summed E-state index contributed by atoms with van der Waals surface area (Å²) in [4.78, 5) is 15.7. The zero-order valence-electron chi connectivity index (χ0n) is 10.4. The molecule has 0 aliphatic carbocycles. The zero-order chi connectivity index (χ0) is 13.4. The van der Waals surface area contributed by atoms with E-state index in [1.807, 2.05) is 55.5 Å². The molecule has 3 rings (SSSR count). The Balaban J connectivity index is 2.33. The predicted molar refractivity (Wildman–Crippen MR) is 82.4 cm³/mol. The number of aromatic nitrogens is 1. The molecule has 0 unspecified atom stereocenters. The molecule has 1 heterocycles. The second kappa shape index (κ2) is 4.67. The molecule has 0 radical (unpaired) electrons. The first-order valence-corrected chi connectivity index (χ1v) is 6.83. The van der Waals surface area contributed by atoms with Crippen molar-refractivity contribution >= 4 is 26.8 Å². The van der Waals surface area contributed by atoms with Gasteiger partial charge in [-0.3, -0.25) is 4.79 Å². The average Bonchev–Trinajstić information content (AvgIpc) is 2.44. The van der Waals surface area contributed by atoms with Crippen molar-refractivity contribution in [2.75, 3.05) is 0 Å². The van der Waals surface area contributed by atoms with Gasteiger partial charge in [0.1, 0.15) is 0 Å². The topological polar surface area (TPSA) is 32.9 Å². The van der Waals surface area contributed by atoms with Crippen molar-refractivity contribution in [1.29, 1.82) is 0 Å². The molecule has 1 aromatic heterocycles. The average molecular weight is 314 g/mol. The summed E-state index contributed by atoms with van der Waals surface area (Å²) in [7, 11) is 0. The molecule has 3 aromatic rings. The van der Waals surface area contributed by atoms with Crippen LogP contribution in [0.1, 0.15) is 5.56 Å². The number of aromatic amines is 1. The number of nitrogens with one attached hydrogen (secondary N) is 1. The van der Waals surface area contributed by atoms with Crippen molar-refractivity contribution in [2.24, 2.45) is 0 Å². The molecule has 0 saturated heterocycles. The van der Waals surface area contributed by atoms with Crippen molar-refractivity contribution in [3.05, 3.63) is 68.8 Å². The molecule has 0 aliphatic heterocycles. The second-order valence-electron chi connectivity index (χ2n) is 4.51. The highest BCUT2D eigenvalue weighted by Gasteiger charge is 2.09. The lowest BCUT2D eigenvalue weighted by Crippen LogP contribution is -2.09. The molecule has 1 N–H and O–H groups in total. The molecule has 0 spiro atoms. The Hall–Kier alpha value is -1.87. The molecule has 0 fully saturated rings. The lowest BCUT2D eigenvalue weighted by atomic mass is 10.0. The van der Waals surface area contributed by atoms with Gasteiger partial charge in [-0.1, -0.05) is 40.2 Å². The van der Waals surface area contributed by atoms with Crippen LogP contribution in [-0.4, -0.2) is 4.98 Å². The standard InChI is InChI=1S/C16H12BrNO/c1-10-15(11-6-8-12(17)9-7-11)18-14-5-3-2-4-13(14)16(10)19/h2-9H,1H3,(H,18,19). The van der Waals surface area contributed by atoms with Crippen LogP contribution < -0.4 is 5.43 Å². The molecule has 3 heteroatoms. The van der Waals surface area contributed by atoms with Gasteiger partial charge in [-0.25, -0.2) is 0 Å². The Morgan fingerprint density at radius 1 is 1.00 bits per heavy atom. The number of benzene rings is 2. The zero-order valence-corrected chi connectivity index (χ0v) is 12.0. The fourth-order valence-electron chi connectivity index (χ4n) is 2.24. The number of pyridine rings is 1. The molecule has 94 valence electrons. The van der Waals surface area contributed by atoms with Gasteiger partial charge in [-0.05, 0) is 36.8 Å². The lowest BCUT2D eigenvalue weighted by Gasteiger charge is -2.08. The number of halogens is 1. The van der Waals surface area contributed by atoms with E-state index in [2.05, 4.69) is 20.9 Å². The van der Waals surface area contributed by atoms with E-state index in [1.165, 1.54) is 0 Å². The Bertz CT molecular complexity index is 803. The van der Waals surface area contributed by atoms with Crippen LogP contribution in [0.3, 0.4) is 0 Å². The fraction of sp³-hybridized carbons (Fsp3) is 0.0625. The van der Waals surface area contributed by atoms with E-state index in [0.29, 0.717) is 0 Å². The minimum absolute atomic E-state index is 0.0901. The van der Waals surface area contributed by atoms with Crippen molar-refractivity contribution in [2.45, 2.75) is 6.92 Å². The summed E-state index contributed by atoms with van der Waals surface area (Å²) in [6, 6.07) is 15.5. The number of H-pyrrole nitrogens is 1. The molecule has 19 heavy (non-hydrogen) atoms. The van der Waals surface area contributed by atoms with Gasteiger partial charge in [-0.15, -0.1) is 0 Å². The summed E-state index contributed by atoms with van der Waals surface area (Å²) in [5.41, 5.74) is 3.61. The summed E-state index contributed by atoms with van der Waals surface area (Å²) in [6.45, 7) is 1.86. The highest BCUT2D eigenvalue weighted by molar-refractivity contribution is 9.10. The van der Waals surface area contributed by atoms with E-state index < -0.39 is 0 Å². The van der Waals surface area contributed by atoms with E-state index in [1.54, 1.807) is 0 Å². The number of para-hydroxylation sites is 1. The largest absolute Gasteiger partial charge is 0.354 e. The number of hydrogen-bond acceptors (Lipinski definition) is 1. The van der Waals surface area contributed by atoms with Gasteiger partial charge in [0.25, 0.3) is 0 Å². The Labute approximate surface area is 119 Å². The predicted octanol–water partition coefficient (Wildman–Crippen LogP) is 4.27. The molecule has 0 aliphatic rings. The second-order valence-corrected chi connectivity index (χ2v) is 5.42. The Kier molecular flexibility index (Phi) is 2.99.